The van der Waals surface area contributed by atoms with Gasteiger partial charge in [0.25, 0.3) is 0 Å². The van der Waals surface area contributed by atoms with Crippen molar-refractivity contribution in [1.82, 2.24) is 0 Å². The van der Waals surface area contributed by atoms with Crippen molar-refractivity contribution in [2.24, 2.45) is 0 Å². The molecule has 0 radical (unpaired) electrons. The number of nitrogens with zero attached hydrogens (tertiary/aromatic N) is 1. The summed E-state index contributed by atoms with van der Waals surface area (Å²) in [5.41, 5.74) is 2.73. The molecule has 0 fully saturated rings. The highest BCUT2D eigenvalue weighted by Crippen LogP contribution is 2.44. The van der Waals surface area contributed by atoms with Gasteiger partial charge in [0.1, 0.15) is 5.82 Å². The summed E-state index contributed by atoms with van der Waals surface area (Å²) >= 11 is 1.09. The Morgan fingerprint density at radius 1 is 0.912 bits per heavy atom. The fourth-order valence-corrected chi connectivity index (χ4v) is 5.06. The lowest BCUT2D eigenvalue weighted by atomic mass is 9.92. The van der Waals surface area contributed by atoms with Crippen LogP contribution in [0.15, 0.2) is 83.8 Å². The van der Waals surface area contributed by atoms with Gasteiger partial charge in [-0.15, -0.1) is 0 Å². The van der Waals surface area contributed by atoms with Gasteiger partial charge >= 0.3 is 11.9 Å². The molecule has 0 aliphatic rings. The van der Waals surface area contributed by atoms with Crippen LogP contribution < -0.4 is 4.90 Å². The summed E-state index contributed by atoms with van der Waals surface area (Å²) in [4.78, 5) is 29.2. The predicted octanol–water partition coefficient (Wildman–Crippen LogP) is 5.58. The minimum Gasteiger partial charge on any atom is -0.468 e. The molecule has 0 aliphatic heterocycles. The SMILES string of the molecule is COC(=O)C(CC(c1ccc(F)cc1)N(C)c1ccc(C)cc1)(Sc1ccccc1)C(=O)OC. The minimum absolute atomic E-state index is 0.0297. The first kappa shape index (κ1) is 25.3. The molecule has 0 amide bonds. The molecule has 0 spiro atoms. The van der Waals surface area contributed by atoms with Crippen LogP contribution in [0.4, 0.5) is 10.1 Å². The predicted molar refractivity (Wildman–Crippen MR) is 132 cm³/mol. The summed E-state index contributed by atoms with van der Waals surface area (Å²) in [6, 6.07) is 22.7. The van der Waals surface area contributed by atoms with Crippen LogP contribution in [-0.4, -0.2) is 38.0 Å². The Morgan fingerprint density at radius 2 is 1.47 bits per heavy atom. The molecule has 3 aromatic carbocycles. The number of rotatable bonds is 9. The Kier molecular flexibility index (Phi) is 8.34. The molecule has 0 saturated heterocycles. The van der Waals surface area contributed by atoms with E-state index in [0.29, 0.717) is 4.90 Å². The van der Waals surface area contributed by atoms with Gasteiger partial charge in [-0.25, -0.2) is 14.0 Å². The summed E-state index contributed by atoms with van der Waals surface area (Å²) in [5, 5.41) is 0. The smallest absolute Gasteiger partial charge is 0.334 e. The molecule has 0 saturated carbocycles. The Balaban J connectivity index is 2.13. The first-order chi connectivity index (χ1) is 16.3. The maximum atomic E-state index is 13.7. The van der Waals surface area contributed by atoms with Gasteiger partial charge in [0.15, 0.2) is 0 Å². The van der Waals surface area contributed by atoms with E-state index in [1.807, 2.05) is 73.5 Å². The maximum absolute atomic E-state index is 13.7. The minimum atomic E-state index is -1.69. The third-order valence-electron chi connectivity index (χ3n) is 5.71. The van der Waals surface area contributed by atoms with Crippen LogP contribution in [0.25, 0.3) is 0 Å². The highest BCUT2D eigenvalue weighted by atomic mass is 32.2. The number of anilines is 1. The van der Waals surface area contributed by atoms with Gasteiger partial charge in [-0.2, -0.15) is 0 Å². The van der Waals surface area contributed by atoms with Gasteiger partial charge in [0.2, 0.25) is 4.75 Å². The van der Waals surface area contributed by atoms with E-state index < -0.39 is 22.7 Å². The number of ether oxygens (including phenoxy) is 2. The lowest BCUT2D eigenvalue weighted by Gasteiger charge is -2.37. The molecule has 3 rings (SSSR count). The zero-order valence-corrected chi connectivity index (χ0v) is 20.5. The lowest BCUT2D eigenvalue weighted by Crippen LogP contribution is -2.48. The van der Waals surface area contributed by atoms with Crippen LogP contribution in [0.5, 0.6) is 0 Å². The molecule has 0 bridgehead atoms. The molecule has 0 aromatic heterocycles. The standard InChI is InChI=1S/C27H28FNO4S/c1-19-10-16-22(17-11-19)29(2)24(20-12-14-21(28)15-13-20)18-27(25(30)32-3,26(31)33-4)34-23-8-6-5-7-9-23/h5-17,24H,18H2,1-4H3. The molecular weight excluding hydrogens is 453 g/mol. The lowest BCUT2D eigenvalue weighted by molar-refractivity contribution is -0.156. The van der Waals surface area contributed by atoms with Crippen LogP contribution in [0.2, 0.25) is 0 Å². The van der Waals surface area contributed by atoms with E-state index in [4.69, 9.17) is 9.47 Å². The number of methoxy groups -OCH3 is 2. The topological polar surface area (TPSA) is 55.8 Å². The first-order valence-electron chi connectivity index (χ1n) is 10.8. The third kappa shape index (κ3) is 5.59. The average molecular weight is 482 g/mol. The van der Waals surface area contributed by atoms with Crippen molar-refractivity contribution in [3.8, 4) is 0 Å². The monoisotopic (exact) mass is 481 g/mol. The molecule has 1 atom stereocenters. The first-order valence-corrected chi connectivity index (χ1v) is 11.6. The average Bonchev–Trinajstić information content (AvgIpc) is 2.86. The summed E-state index contributed by atoms with van der Waals surface area (Å²) in [6.07, 6.45) is 0.0297. The second kappa shape index (κ2) is 11.2. The second-order valence-corrected chi connectivity index (χ2v) is 9.32. The maximum Gasteiger partial charge on any atom is 0.334 e. The van der Waals surface area contributed by atoms with Gasteiger partial charge in [-0.05, 0) is 48.9 Å². The van der Waals surface area contributed by atoms with Crippen LogP contribution in [0.1, 0.15) is 23.6 Å². The largest absolute Gasteiger partial charge is 0.468 e. The van der Waals surface area contributed by atoms with E-state index in [-0.39, 0.29) is 12.2 Å². The Labute approximate surface area is 203 Å². The highest BCUT2D eigenvalue weighted by molar-refractivity contribution is 8.02. The summed E-state index contributed by atoms with van der Waals surface area (Å²) in [7, 11) is 4.38. The van der Waals surface area contributed by atoms with Crippen LogP contribution in [-0.2, 0) is 19.1 Å². The number of hydrogen-bond donors (Lipinski definition) is 0. The normalized spacial score (nSPS) is 12.0. The van der Waals surface area contributed by atoms with Crippen molar-refractivity contribution in [3.05, 3.63) is 95.8 Å². The quantitative estimate of drug-likeness (QED) is 0.226. The van der Waals surface area contributed by atoms with E-state index in [0.717, 1.165) is 28.6 Å². The number of carbonyl (C=O) groups is 2. The van der Waals surface area contributed by atoms with E-state index in [1.54, 1.807) is 12.1 Å². The Bertz CT molecular complexity index is 1090. The number of carbonyl (C=O) groups excluding carboxylic acids is 2. The molecule has 34 heavy (non-hydrogen) atoms. The molecule has 7 heteroatoms. The van der Waals surface area contributed by atoms with Crippen molar-refractivity contribution in [2.45, 2.75) is 29.0 Å². The summed E-state index contributed by atoms with van der Waals surface area (Å²) in [6.45, 7) is 2.00. The van der Waals surface area contributed by atoms with Crippen molar-refractivity contribution >= 4 is 29.4 Å². The fourth-order valence-electron chi connectivity index (χ4n) is 3.79. The zero-order chi connectivity index (χ0) is 24.7. The Morgan fingerprint density at radius 3 is 2.00 bits per heavy atom. The summed E-state index contributed by atoms with van der Waals surface area (Å²) < 4.78 is 22.3. The van der Waals surface area contributed by atoms with E-state index in [1.165, 1.54) is 26.4 Å². The Hall–Kier alpha value is -3.32. The van der Waals surface area contributed by atoms with Crippen molar-refractivity contribution in [1.29, 1.82) is 0 Å². The number of halogens is 1. The number of benzene rings is 3. The van der Waals surface area contributed by atoms with E-state index in [2.05, 4.69) is 0 Å². The van der Waals surface area contributed by atoms with Crippen LogP contribution in [0, 0.1) is 12.7 Å². The molecule has 178 valence electrons. The molecule has 1 unspecified atom stereocenters. The second-order valence-electron chi connectivity index (χ2n) is 7.94. The molecular formula is C27H28FNO4S. The third-order valence-corrected chi connectivity index (χ3v) is 7.07. The zero-order valence-electron chi connectivity index (χ0n) is 19.7. The van der Waals surface area contributed by atoms with Gasteiger partial charge < -0.3 is 14.4 Å². The molecule has 0 heterocycles. The van der Waals surface area contributed by atoms with Gasteiger partial charge in [-0.3, -0.25) is 0 Å². The van der Waals surface area contributed by atoms with E-state index in [9.17, 15) is 14.0 Å². The van der Waals surface area contributed by atoms with Gasteiger partial charge in [-0.1, -0.05) is 59.8 Å². The van der Waals surface area contributed by atoms with Crippen LogP contribution >= 0.6 is 11.8 Å². The molecule has 5 nitrogen and oxygen atoms in total. The number of aryl methyl sites for hydroxylation is 1. The number of hydrogen-bond acceptors (Lipinski definition) is 6. The highest BCUT2D eigenvalue weighted by Gasteiger charge is 2.52. The van der Waals surface area contributed by atoms with Gasteiger partial charge in [0, 0.05) is 24.1 Å². The van der Waals surface area contributed by atoms with Crippen LogP contribution in [0.3, 0.4) is 0 Å². The molecule has 0 aliphatic carbocycles. The van der Waals surface area contributed by atoms with Crippen molar-refractivity contribution in [2.75, 3.05) is 26.2 Å². The molecule has 3 aromatic rings. The molecule has 0 N–H and O–H groups in total. The number of thioether (sulfide) groups is 1. The fraction of sp³-hybridized carbons (Fsp3) is 0.259. The van der Waals surface area contributed by atoms with E-state index >= 15 is 0 Å². The number of esters is 2. The van der Waals surface area contributed by atoms with Crippen molar-refractivity contribution in [3.63, 3.8) is 0 Å². The summed E-state index contributed by atoms with van der Waals surface area (Å²) in [5.74, 6) is -1.79. The van der Waals surface area contributed by atoms with Crippen molar-refractivity contribution < 1.29 is 23.5 Å². The van der Waals surface area contributed by atoms with Gasteiger partial charge in [0.05, 0.1) is 20.3 Å².